The van der Waals surface area contributed by atoms with E-state index < -0.39 is 38.0 Å². The normalized spacial score (nSPS) is 13.9. The van der Waals surface area contributed by atoms with Crippen LogP contribution in [0.5, 0.6) is 0 Å². The molecule has 2 heterocycles. The minimum atomic E-state index is -4.82. The van der Waals surface area contributed by atoms with Crippen LogP contribution in [0.25, 0.3) is 41.7 Å². The molecule has 16 heteroatoms. The van der Waals surface area contributed by atoms with E-state index in [-0.39, 0.29) is 31.8 Å². The second kappa shape index (κ2) is 21.8. The number of carbonyl (C=O) groups is 2. The molecule has 2 aromatic heterocycles. The Balaban J connectivity index is 0.000000202. The summed E-state index contributed by atoms with van der Waals surface area (Å²) in [5.41, 5.74) is 2.51. The number of carbonyl (C=O) groups excluding carboxylic acids is 2. The van der Waals surface area contributed by atoms with E-state index in [4.69, 9.17) is 32.2 Å². The molecule has 0 fully saturated rings. The van der Waals surface area contributed by atoms with E-state index in [2.05, 4.69) is 34.9 Å². The first kappa shape index (κ1) is 53.0. The van der Waals surface area contributed by atoms with Gasteiger partial charge in [-0.05, 0) is 129 Å². The van der Waals surface area contributed by atoms with E-state index in [1.165, 1.54) is 29.6 Å². The summed E-state index contributed by atoms with van der Waals surface area (Å²) in [6, 6.07) is 38.0. The second-order valence-corrected chi connectivity index (χ2v) is 35.6. The van der Waals surface area contributed by atoms with Crippen LogP contribution in [-0.2, 0) is 50.9 Å². The molecule has 2 atom stereocenters. The molecule has 0 aliphatic rings. The van der Waals surface area contributed by atoms with E-state index in [0.29, 0.717) is 32.1 Å². The smallest absolute Gasteiger partial charge is 0.323 e. The Morgan fingerprint density at radius 2 is 0.985 bits per heavy atom. The summed E-state index contributed by atoms with van der Waals surface area (Å²) in [6.07, 6.45) is 0.0216. The van der Waals surface area contributed by atoms with Crippen molar-refractivity contribution in [2.24, 2.45) is 0 Å². The molecule has 0 radical (unpaired) electrons. The molecule has 0 bridgehead atoms. The number of benzene rings is 6. The summed E-state index contributed by atoms with van der Waals surface area (Å²) in [7, 11) is -8.70. The lowest BCUT2D eigenvalue weighted by molar-refractivity contribution is -0.122. The van der Waals surface area contributed by atoms with Crippen LogP contribution in [0.4, 0.5) is 0 Å². The van der Waals surface area contributed by atoms with Gasteiger partial charge in [-0.25, -0.2) is 0 Å². The van der Waals surface area contributed by atoms with Gasteiger partial charge in [-0.2, -0.15) is 0 Å². The lowest BCUT2D eigenvalue weighted by Crippen LogP contribution is -2.35. The van der Waals surface area contributed by atoms with Crippen LogP contribution < -0.4 is 0 Å². The maximum absolute atomic E-state index is 14.2. The number of hydrogen-bond donors (Lipinski definition) is 2. The molecular weight excluding hydrogens is 1050 g/mol. The standard InChI is InChI=1S/C26H26ClO4PS.C22H18ClO4PS.C3H9BrSi/c1-4-30-32(29,31-5-2)26(3,23-17-33-24-13-12-21(27)16-22(23)24)25(28)15-18-10-11-19-8-6-7-9-20(19)14-18;1-22(28(25,26)27,19-13-29-20-9-8-17(23)12-18(19)20)21(24)11-14-6-7-15-4-2-3-5-16(15)10-14;1-5(2,3)4/h6-14,16-17H,4-5,15H2,1-3H3;2-10,12-13H,11H2,1H3,(H2,25,26,27);1-3H3. The first-order valence-electron chi connectivity index (χ1n) is 21.5. The maximum atomic E-state index is 14.2. The van der Waals surface area contributed by atoms with Gasteiger partial charge in [-0.3, -0.25) is 18.7 Å². The van der Waals surface area contributed by atoms with Crippen molar-refractivity contribution < 1.29 is 37.6 Å². The summed E-state index contributed by atoms with van der Waals surface area (Å²) in [6.45, 7) is 12.8. The molecular formula is C51H53BrCl2O8P2S2Si. The molecule has 0 saturated heterocycles. The van der Waals surface area contributed by atoms with Crippen molar-refractivity contribution in [3.8, 4) is 0 Å². The van der Waals surface area contributed by atoms with Gasteiger partial charge in [-0.15, -0.1) is 38.0 Å². The molecule has 8 nitrogen and oxygen atoms in total. The minimum absolute atomic E-state index is 0.0790. The Bertz CT molecular complexity index is 3170. The molecule has 0 aliphatic heterocycles. The van der Waals surface area contributed by atoms with Gasteiger partial charge in [0.1, 0.15) is 6.69 Å². The van der Waals surface area contributed by atoms with E-state index in [0.717, 1.165) is 41.9 Å². The summed E-state index contributed by atoms with van der Waals surface area (Å²) in [5.74, 6) is -0.747. The topological polar surface area (TPSA) is 127 Å². The Morgan fingerprint density at radius 1 is 0.612 bits per heavy atom. The highest BCUT2D eigenvalue weighted by atomic mass is 79.9. The zero-order chi connectivity index (χ0) is 49.0. The first-order chi connectivity index (χ1) is 31.5. The minimum Gasteiger partial charge on any atom is -0.323 e. The summed E-state index contributed by atoms with van der Waals surface area (Å²) in [4.78, 5) is 47.8. The van der Waals surface area contributed by atoms with E-state index in [1.54, 1.807) is 44.4 Å². The maximum Gasteiger partial charge on any atom is 0.348 e. The lowest BCUT2D eigenvalue weighted by atomic mass is 9.90. The molecule has 352 valence electrons. The molecule has 8 rings (SSSR count). The fourth-order valence-electron chi connectivity index (χ4n) is 7.72. The Hall–Kier alpha value is -3.32. The van der Waals surface area contributed by atoms with Crippen molar-refractivity contribution in [3.05, 3.63) is 164 Å². The van der Waals surface area contributed by atoms with Gasteiger partial charge in [0.05, 0.1) is 13.2 Å². The van der Waals surface area contributed by atoms with E-state index in [9.17, 15) is 28.5 Å². The fraction of sp³-hybridized carbons (Fsp3) is 0.255. The Kier molecular flexibility index (Phi) is 17.2. The van der Waals surface area contributed by atoms with Crippen molar-refractivity contribution in [2.75, 3.05) is 13.2 Å². The van der Waals surface area contributed by atoms with Gasteiger partial charge < -0.3 is 18.8 Å². The highest BCUT2D eigenvalue weighted by Crippen LogP contribution is 2.67. The summed E-state index contributed by atoms with van der Waals surface area (Å²) in [5, 5.41) is 6.64. The molecule has 2 N–H and O–H groups in total. The quantitative estimate of drug-likeness (QED) is 0.0626. The highest BCUT2D eigenvalue weighted by Gasteiger charge is 2.55. The molecule has 6 aromatic carbocycles. The molecule has 0 spiro atoms. The average Bonchev–Trinajstić information content (AvgIpc) is 3.89. The number of halogens is 3. The molecule has 67 heavy (non-hydrogen) atoms. The van der Waals surface area contributed by atoms with Crippen LogP contribution in [0.2, 0.25) is 29.7 Å². The fourth-order valence-corrected chi connectivity index (χ4v) is 13.4. The van der Waals surface area contributed by atoms with Gasteiger partial charge in [-0.1, -0.05) is 128 Å². The van der Waals surface area contributed by atoms with Gasteiger partial charge in [0.25, 0.3) is 0 Å². The highest BCUT2D eigenvalue weighted by molar-refractivity contribution is 9.26. The van der Waals surface area contributed by atoms with Crippen LogP contribution in [0, 0.1) is 0 Å². The summed E-state index contributed by atoms with van der Waals surface area (Å²) >= 11 is 18.7. The predicted molar refractivity (Wildman–Crippen MR) is 289 cm³/mol. The second-order valence-electron chi connectivity index (χ2n) is 17.2. The van der Waals surface area contributed by atoms with Crippen LogP contribution >= 0.6 is 76.4 Å². The number of rotatable bonds is 14. The van der Waals surface area contributed by atoms with Crippen LogP contribution in [0.15, 0.2) is 132 Å². The molecule has 0 amide bonds. The molecule has 0 aliphatic carbocycles. The number of ketones is 2. The van der Waals surface area contributed by atoms with Crippen LogP contribution in [0.3, 0.4) is 0 Å². The van der Waals surface area contributed by atoms with Gasteiger partial charge >= 0.3 is 15.2 Å². The SMILES string of the molecule is CC(C(=O)Cc1ccc2ccccc2c1)(c1csc2ccc(Cl)cc12)P(=O)(O)O.CCOP(=O)(OCC)C(C)(C(=O)Cc1ccc2ccccc2c1)c1csc2ccc(Cl)cc12.C[Si](C)(C)Br. The number of thiophene rings is 2. The molecule has 8 aromatic rings. The third-order valence-electron chi connectivity index (χ3n) is 11.3. The van der Waals surface area contributed by atoms with Gasteiger partial charge in [0.2, 0.25) is 0 Å². The zero-order valence-electron chi connectivity index (χ0n) is 38.2. The van der Waals surface area contributed by atoms with Crippen molar-refractivity contribution in [3.63, 3.8) is 0 Å². The van der Waals surface area contributed by atoms with Crippen molar-refractivity contribution in [1.82, 2.24) is 0 Å². The number of Topliss-reactive ketones (excluding diaryl/α,β-unsaturated/α-hetero) is 2. The first-order valence-corrected chi connectivity index (χ1v) is 32.9. The third-order valence-corrected chi connectivity index (χ3v) is 18.1. The third kappa shape index (κ3) is 12.0. The molecule has 0 saturated carbocycles. The Labute approximate surface area is 418 Å². The monoisotopic (exact) mass is 1100 g/mol. The largest absolute Gasteiger partial charge is 0.348 e. The van der Waals surface area contributed by atoms with Crippen molar-refractivity contribution in [1.29, 1.82) is 0 Å². The predicted octanol–water partition coefficient (Wildman–Crippen LogP) is 16.1. The van der Waals surface area contributed by atoms with Crippen LogP contribution in [-0.4, -0.2) is 41.3 Å². The van der Waals surface area contributed by atoms with E-state index in [1.807, 2.05) is 109 Å². The number of fused-ring (bicyclic) bond motifs is 4. The van der Waals surface area contributed by atoms with Gasteiger partial charge in [0.15, 0.2) is 21.9 Å². The lowest BCUT2D eigenvalue weighted by Gasteiger charge is -2.35. The van der Waals surface area contributed by atoms with Crippen LogP contribution in [0.1, 0.15) is 49.9 Å². The van der Waals surface area contributed by atoms with Crippen molar-refractivity contribution in [2.45, 2.75) is 70.5 Å². The number of hydrogen-bond acceptors (Lipinski definition) is 8. The van der Waals surface area contributed by atoms with Gasteiger partial charge in [0, 0.05) is 32.3 Å². The average molecular weight is 1100 g/mol. The van der Waals surface area contributed by atoms with Crippen molar-refractivity contribution >= 4 is 136 Å². The zero-order valence-corrected chi connectivity index (χ0v) is 45.7. The molecule has 2 unspecified atom stereocenters. The summed E-state index contributed by atoms with van der Waals surface area (Å²) < 4.78 is 40.1. The van der Waals surface area contributed by atoms with E-state index >= 15 is 0 Å². The Morgan fingerprint density at radius 3 is 1.37 bits per heavy atom.